The van der Waals surface area contributed by atoms with Crippen LogP contribution in [0.1, 0.15) is 23.6 Å². The third-order valence-corrected chi connectivity index (χ3v) is 3.45. The number of carboxylic acid groups (broad SMARTS) is 1. The Kier molecular flexibility index (Phi) is 4.43. The van der Waals surface area contributed by atoms with Crippen molar-refractivity contribution in [2.75, 3.05) is 7.11 Å². The molecular formula is C18H18O3. The summed E-state index contributed by atoms with van der Waals surface area (Å²) < 4.78 is 5.10. The van der Waals surface area contributed by atoms with Gasteiger partial charge in [0.05, 0.1) is 12.7 Å². The van der Waals surface area contributed by atoms with Gasteiger partial charge in [0.2, 0.25) is 0 Å². The maximum Gasteiger partial charge on any atom is 0.336 e. The van der Waals surface area contributed by atoms with Crippen molar-refractivity contribution in [2.24, 2.45) is 0 Å². The number of hydrogen-bond donors (Lipinski definition) is 1. The Balaban J connectivity index is 2.52. The molecule has 3 heteroatoms. The molecule has 2 rings (SSSR count). The van der Waals surface area contributed by atoms with Crippen LogP contribution in [0.25, 0.3) is 11.1 Å². The molecule has 0 saturated carbocycles. The van der Waals surface area contributed by atoms with E-state index in [0.29, 0.717) is 16.9 Å². The van der Waals surface area contributed by atoms with Gasteiger partial charge in [0.25, 0.3) is 0 Å². The molecule has 0 saturated heterocycles. The number of hydrogen-bond acceptors (Lipinski definition) is 2. The lowest BCUT2D eigenvalue weighted by Crippen LogP contribution is -2.02. The molecule has 0 amide bonds. The molecule has 108 valence electrons. The second kappa shape index (κ2) is 6.27. The van der Waals surface area contributed by atoms with Crippen molar-refractivity contribution in [3.05, 3.63) is 65.2 Å². The number of carbonyl (C=O) groups is 1. The van der Waals surface area contributed by atoms with Crippen LogP contribution in [0.15, 0.2) is 48.5 Å². The van der Waals surface area contributed by atoms with Gasteiger partial charge in [-0.25, -0.2) is 4.79 Å². The fourth-order valence-electron chi connectivity index (χ4n) is 2.21. The Labute approximate surface area is 124 Å². The quantitative estimate of drug-likeness (QED) is 0.680. The van der Waals surface area contributed by atoms with E-state index in [-0.39, 0.29) is 0 Å². The number of methoxy groups -OCH3 is 1. The van der Waals surface area contributed by atoms with Crippen LogP contribution in [0.4, 0.5) is 0 Å². The van der Waals surface area contributed by atoms with E-state index in [0.717, 1.165) is 16.7 Å². The largest absolute Gasteiger partial charge is 0.497 e. The van der Waals surface area contributed by atoms with Gasteiger partial charge >= 0.3 is 5.97 Å². The van der Waals surface area contributed by atoms with Gasteiger partial charge in [-0.3, -0.25) is 0 Å². The molecule has 1 N–H and O–H groups in total. The van der Waals surface area contributed by atoms with E-state index < -0.39 is 5.97 Å². The molecular weight excluding hydrogens is 264 g/mol. The van der Waals surface area contributed by atoms with Gasteiger partial charge in [0.15, 0.2) is 0 Å². The molecule has 0 atom stereocenters. The van der Waals surface area contributed by atoms with E-state index in [4.69, 9.17) is 4.74 Å². The first-order valence-electron chi connectivity index (χ1n) is 6.68. The predicted octanol–water partition coefficient (Wildman–Crippen LogP) is 4.02. The molecule has 2 aromatic rings. The molecule has 0 aromatic heterocycles. The van der Waals surface area contributed by atoms with Crippen LogP contribution in [0.3, 0.4) is 0 Å². The van der Waals surface area contributed by atoms with Crippen LogP contribution in [0, 0.1) is 6.92 Å². The highest BCUT2D eigenvalue weighted by Crippen LogP contribution is 2.27. The van der Waals surface area contributed by atoms with E-state index >= 15 is 0 Å². The van der Waals surface area contributed by atoms with E-state index in [1.54, 1.807) is 31.4 Å². The monoisotopic (exact) mass is 282 g/mol. The zero-order valence-electron chi connectivity index (χ0n) is 12.4. The fourth-order valence-corrected chi connectivity index (χ4v) is 2.21. The number of aliphatic carboxylic acids is 1. The van der Waals surface area contributed by atoms with Crippen LogP contribution in [-0.2, 0) is 4.79 Å². The number of carboxylic acids is 1. The van der Waals surface area contributed by atoms with Crippen LogP contribution in [0.2, 0.25) is 0 Å². The van der Waals surface area contributed by atoms with Crippen molar-refractivity contribution in [1.29, 1.82) is 0 Å². The lowest BCUT2D eigenvalue weighted by Gasteiger charge is -2.10. The lowest BCUT2D eigenvalue weighted by atomic mass is 9.95. The van der Waals surface area contributed by atoms with Crippen molar-refractivity contribution < 1.29 is 14.6 Å². The lowest BCUT2D eigenvalue weighted by molar-refractivity contribution is -0.130. The molecule has 0 fully saturated rings. The van der Waals surface area contributed by atoms with Crippen molar-refractivity contribution in [3.8, 4) is 5.75 Å². The first-order chi connectivity index (χ1) is 10.0. The number of ether oxygens (including phenoxy) is 1. The summed E-state index contributed by atoms with van der Waals surface area (Å²) in [5.74, 6) is -0.227. The second-order valence-corrected chi connectivity index (χ2v) is 4.90. The Bertz CT molecular complexity index is 665. The Morgan fingerprint density at radius 2 is 1.48 bits per heavy atom. The van der Waals surface area contributed by atoms with Crippen molar-refractivity contribution in [3.63, 3.8) is 0 Å². The molecule has 0 bridgehead atoms. The molecule has 0 heterocycles. The van der Waals surface area contributed by atoms with Crippen molar-refractivity contribution in [1.82, 2.24) is 0 Å². The minimum absolute atomic E-state index is 0.307. The second-order valence-electron chi connectivity index (χ2n) is 4.90. The van der Waals surface area contributed by atoms with Crippen molar-refractivity contribution >= 4 is 17.1 Å². The molecule has 0 spiro atoms. The van der Waals surface area contributed by atoms with Gasteiger partial charge in [0, 0.05) is 0 Å². The first-order valence-corrected chi connectivity index (χ1v) is 6.68. The van der Waals surface area contributed by atoms with Gasteiger partial charge in [-0.15, -0.1) is 0 Å². The van der Waals surface area contributed by atoms with Crippen LogP contribution < -0.4 is 4.74 Å². The number of aryl methyl sites for hydroxylation is 1. The zero-order valence-corrected chi connectivity index (χ0v) is 12.4. The predicted molar refractivity (Wildman–Crippen MR) is 84.3 cm³/mol. The Morgan fingerprint density at radius 1 is 0.952 bits per heavy atom. The summed E-state index contributed by atoms with van der Waals surface area (Å²) in [6.07, 6.45) is 0. The van der Waals surface area contributed by atoms with Crippen LogP contribution >= 0.6 is 0 Å². The minimum atomic E-state index is -0.932. The number of rotatable bonds is 4. The molecule has 0 radical (unpaired) electrons. The van der Waals surface area contributed by atoms with Gasteiger partial charge in [-0.2, -0.15) is 0 Å². The normalized spacial score (nSPS) is 11.8. The summed E-state index contributed by atoms with van der Waals surface area (Å²) in [6.45, 7) is 3.84. The van der Waals surface area contributed by atoms with Gasteiger partial charge in [0.1, 0.15) is 5.75 Å². The molecule has 0 aliphatic carbocycles. The van der Waals surface area contributed by atoms with Crippen LogP contribution in [0.5, 0.6) is 5.75 Å². The van der Waals surface area contributed by atoms with Crippen molar-refractivity contribution in [2.45, 2.75) is 13.8 Å². The third kappa shape index (κ3) is 3.31. The zero-order chi connectivity index (χ0) is 15.4. The maximum absolute atomic E-state index is 11.6. The number of benzene rings is 2. The van der Waals surface area contributed by atoms with E-state index in [1.807, 2.05) is 38.1 Å². The highest BCUT2D eigenvalue weighted by molar-refractivity contribution is 6.23. The molecule has 0 aliphatic heterocycles. The highest BCUT2D eigenvalue weighted by atomic mass is 16.5. The first kappa shape index (κ1) is 14.9. The van der Waals surface area contributed by atoms with E-state index in [1.165, 1.54) is 0 Å². The van der Waals surface area contributed by atoms with E-state index in [2.05, 4.69) is 0 Å². The molecule has 0 unspecified atom stereocenters. The van der Waals surface area contributed by atoms with Gasteiger partial charge < -0.3 is 9.84 Å². The summed E-state index contributed by atoms with van der Waals surface area (Å²) in [5, 5.41) is 9.55. The number of allylic oxidation sites excluding steroid dienone is 1. The summed E-state index contributed by atoms with van der Waals surface area (Å²) in [7, 11) is 1.58. The smallest absolute Gasteiger partial charge is 0.336 e. The minimum Gasteiger partial charge on any atom is -0.497 e. The fraction of sp³-hybridized carbons (Fsp3) is 0.167. The third-order valence-electron chi connectivity index (χ3n) is 3.45. The summed E-state index contributed by atoms with van der Waals surface area (Å²) >= 11 is 0. The topological polar surface area (TPSA) is 46.5 Å². The summed E-state index contributed by atoms with van der Waals surface area (Å²) in [4.78, 5) is 11.6. The standard InChI is InChI=1S/C18H18O3/c1-12-4-6-14(7-5-12)13(2)17(18(19)20)15-8-10-16(21-3)11-9-15/h4-11H,1-3H3,(H,19,20)/b17-13+. The van der Waals surface area contributed by atoms with Crippen LogP contribution in [-0.4, -0.2) is 18.2 Å². The highest BCUT2D eigenvalue weighted by Gasteiger charge is 2.15. The Hall–Kier alpha value is -2.55. The average molecular weight is 282 g/mol. The summed E-state index contributed by atoms with van der Waals surface area (Å²) in [6, 6.07) is 14.9. The SMILES string of the molecule is COc1ccc(/C(C(=O)O)=C(/C)c2ccc(C)cc2)cc1. The van der Waals surface area contributed by atoms with Gasteiger partial charge in [-0.1, -0.05) is 42.0 Å². The molecule has 3 nitrogen and oxygen atoms in total. The molecule has 21 heavy (non-hydrogen) atoms. The van der Waals surface area contributed by atoms with Gasteiger partial charge in [-0.05, 0) is 42.7 Å². The maximum atomic E-state index is 11.6. The molecule has 0 aliphatic rings. The average Bonchev–Trinajstić information content (AvgIpc) is 2.48. The molecule has 2 aromatic carbocycles. The Morgan fingerprint density at radius 3 is 1.95 bits per heavy atom. The van der Waals surface area contributed by atoms with E-state index in [9.17, 15) is 9.90 Å². The summed E-state index contributed by atoms with van der Waals surface area (Å²) in [5.41, 5.74) is 3.78.